The highest BCUT2D eigenvalue weighted by Gasteiger charge is 2.14. The van der Waals surface area contributed by atoms with E-state index in [1.165, 1.54) is 5.56 Å². The Balaban J connectivity index is 0.00000120. The molecular weight excluding hydrogens is 252 g/mol. The van der Waals surface area contributed by atoms with Crippen LogP contribution in [0.5, 0.6) is 11.5 Å². The molecule has 1 saturated heterocycles. The van der Waals surface area contributed by atoms with Gasteiger partial charge >= 0.3 is 0 Å². The molecule has 0 aromatic heterocycles. The van der Waals surface area contributed by atoms with E-state index in [1.807, 2.05) is 6.07 Å². The molecular formula is C13H19ClN2O2. The van der Waals surface area contributed by atoms with Crippen molar-refractivity contribution in [2.24, 2.45) is 0 Å². The minimum Gasteiger partial charge on any atom is -0.486 e. The predicted octanol–water partition coefficient (Wildman–Crippen LogP) is 1.28. The molecule has 3 rings (SSSR count). The van der Waals surface area contributed by atoms with Crippen molar-refractivity contribution >= 4 is 12.4 Å². The first-order chi connectivity index (χ1) is 8.42. The van der Waals surface area contributed by atoms with Crippen LogP contribution in [-0.4, -0.2) is 44.3 Å². The fourth-order valence-corrected chi connectivity index (χ4v) is 2.31. The first-order valence-electron chi connectivity index (χ1n) is 6.23. The lowest BCUT2D eigenvalue weighted by molar-refractivity contribution is 0.170. The predicted molar refractivity (Wildman–Crippen MR) is 72.8 cm³/mol. The summed E-state index contributed by atoms with van der Waals surface area (Å²) in [5.74, 6) is 1.77. The topological polar surface area (TPSA) is 33.7 Å². The third-order valence-electron chi connectivity index (χ3n) is 3.22. The second-order valence-electron chi connectivity index (χ2n) is 4.50. The van der Waals surface area contributed by atoms with Crippen LogP contribution in [0.3, 0.4) is 0 Å². The van der Waals surface area contributed by atoms with Gasteiger partial charge in [0.1, 0.15) is 13.2 Å². The third-order valence-corrected chi connectivity index (χ3v) is 3.22. The molecule has 0 atom stereocenters. The lowest BCUT2D eigenvalue weighted by atomic mass is 10.1. The molecule has 1 N–H and O–H groups in total. The molecule has 4 nitrogen and oxygen atoms in total. The molecule has 0 spiro atoms. The summed E-state index contributed by atoms with van der Waals surface area (Å²) in [6, 6.07) is 6.26. The Morgan fingerprint density at radius 2 is 1.78 bits per heavy atom. The maximum Gasteiger partial charge on any atom is 0.161 e. The van der Waals surface area contributed by atoms with Gasteiger partial charge in [0.2, 0.25) is 0 Å². The fourth-order valence-electron chi connectivity index (χ4n) is 2.31. The minimum atomic E-state index is 0. The van der Waals surface area contributed by atoms with Crippen molar-refractivity contribution in [2.45, 2.75) is 6.54 Å². The summed E-state index contributed by atoms with van der Waals surface area (Å²) in [7, 11) is 0. The van der Waals surface area contributed by atoms with Crippen LogP contribution in [0.15, 0.2) is 18.2 Å². The average molecular weight is 271 g/mol. The smallest absolute Gasteiger partial charge is 0.161 e. The highest BCUT2D eigenvalue weighted by molar-refractivity contribution is 5.85. The van der Waals surface area contributed by atoms with E-state index in [0.29, 0.717) is 13.2 Å². The van der Waals surface area contributed by atoms with Crippen LogP contribution in [-0.2, 0) is 6.54 Å². The van der Waals surface area contributed by atoms with Crippen LogP contribution in [0.2, 0.25) is 0 Å². The van der Waals surface area contributed by atoms with Gasteiger partial charge in [0.15, 0.2) is 11.5 Å². The zero-order valence-corrected chi connectivity index (χ0v) is 11.2. The van der Waals surface area contributed by atoms with E-state index in [0.717, 1.165) is 44.2 Å². The molecule has 5 heteroatoms. The molecule has 0 unspecified atom stereocenters. The number of benzene rings is 1. The van der Waals surface area contributed by atoms with Crippen molar-refractivity contribution in [1.29, 1.82) is 0 Å². The number of ether oxygens (including phenoxy) is 2. The van der Waals surface area contributed by atoms with Gasteiger partial charge in [-0.25, -0.2) is 0 Å². The Hall–Kier alpha value is -0.970. The summed E-state index contributed by atoms with van der Waals surface area (Å²) in [6.07, 6.45) is 0. The van der Waals surface area contributed by atoms with Gasteiger partial charge in [0.05, 0.1) is 0 Å². The molecule has 18 heavy (non-hydrogen) atoms. The largest absolute Gasteiger partial charge is 0.486 e. The molecule has 0 bridgehead atoms. The fraction of sp³-hybridized carbons (Fsp3) is 0.538. The van der Waals surface area contributed by atoms with Crippen molar-refractivity contribution in [2.75, 3.05) is 39.4 Å². The zero-order chi connectivity index (χ0) is 11.5. The summed E-state index contributed by atoms with van der Waals surface area (Å²) >= 11 is 0. The molecule has 0 saturated carbocycles. The number of hydrogen-bond acceptors (Lipinski definition) is 4. The maximum absolute atomic E-state index is 5.60. The van der Waals surface area contributed by atoms with Crippen LogP contribution < -0.4 is 14.8 Å². The Labute approximate surface area is 114 Å². The summed E-state index contributed by atoms with van der Waals surface area (Å²) in [4.78, 5) is 2.46. The van der Waals surface area contributed by atoms with Gasteiger partial charge < -0.3 is 14.8 Å². The summed E-state index contributed by atoms with van der Waals surface area (Å²) in [5.41, 5.74) is 1.30. The standard InChI is InChI=1S/C13H18N2O2.ClH/c1-2-12-13(17-8-7-16-12)9-11(1)10-15-5-3-14-4-6-15;/h1-2,9,14H,3-8,10H2;1H. The normalized spacial score (nSPS) is 19.1. The van der Waals surface area contributed by atoms with Crippen LogP contribution in [0.4, 0.5) is 0 Å². The quantitative estimate of drug-likeness (QED) is 0.878. The van der Waals surface area contributed by atoms with E-state index in [1.54, 1.807) is 0 Å². The molecule has 0 amide bonds. The number of halogens is 1. The van der Waals surface area contributed by atoms with Crippen molar-refractivity contribution in [3.8, 4) is 11.5 Å². The highest BCUT2D eigenvalue weighted by Crippen LogP contribution is 2.31. The Kier molecular flexibility index (Phi) is 4.69. The molecule has 1 aromatic carbocycles. The summed E-state index contributed by atoms with van der Waals surface area (Å²) < 4.78 is 11.1. The van der Waals surface area contributed by atoms with Gasteiger partial charge in [-0.05, 0) is 17.7 Å². The van der Waals surface area contributed by atoms with E-state index in [9.17, 15) is 0 Å². The minimum absolute atomic E-state index is 0. The van der Waals surface area contributed by atoms with Crippen molar-refractivity contribution in [3.05, 3.63) is 23.8 Å². The van der Waals surface area contributed by atoms with Gasteiger partial charge in [-0.15, -0.1) is 12.4 Å². The zero-order valence-electron chi connectivity index (χ0n) is 10.4. The Morgan fingerprint density at radius 3 is 2.56 bits per heavy atom. The van der Waals surface area contributed by atoms with E-state index in [2.05, 4.69) is 22.3 Å². The number of piperazine rings is 1. The van der Waals surface area contributed by atoms with E-state index in [4.69, 9.17) is 9.47 Å². The van der Waals surface area contributed by atoms with Crippen molar-refractivity contribution in [3.63, 3.8) is 0 Å². The molecule has 0 radical (unpaired) electrons. The highest BCUT2D eigenvalue weighted by atomic mass is 35.5. The number of nitrogens with zero attached hydrogens (tertiary/aromatic N) is 1. The van der Waals surface area contributed by atoms with E-state index in [-0.39, 0.29) is 12.4 Å². The number of rotatable bonds is 2. The van der Waals surface area contributed by atoms with Gasteiger partial charge in [0, 0.05) is 32.7 Å². The van der Waals surface area contributed by atoms with Gasteiger partial charge in [-0.3, -0.25) is 4.90 Å². The lowest BCUT2D eigenvalue weighted by Gasteiger charge is -2.27. The Bertz CT molecular complexity index is 395. The number of hydrogen-bond donors (Lipinski definition) is 1. The summed E-state index contributed by atoms with van der Waals surface area (Å²) in [5, 5.41) is 3.36. The van der Waals surface area contributed by atoms with E-state index >= 15 is 0 Å². The van der Waals surface area contributed by atoms with Crippen molar-refractivity contribution < 1.29 is 9.47 Å². The van der Waals surface area contributed by atoms with Crippen LogP contribution in [0.25, 0.3) is 0 Å². The number of fused-ring (bicyclic) bond motifs is 1. The van der Waals surface area contributed by atoms with Crippen LogP contribution >= 0.6 is 12.4 Å². The number of nitrogens with one attached hydrogen (secondary N) is 1. The molecule has 100 valence electrons. The molecule has 2 aliphatic rings. The molecule has 1 aromatic rings. The van der Waals surface area contributed by atoms with E-state index < -0.39 is 0 Å². The second-order valence-corrected chi connectivity index (χ2v) is 4.50. The molecule has 2 aliphatic heterocycles. The molecule has 1 fully saturated rings. The van der Waals surface area contributed by atoms with Gasteiger partial charge in [-0.1, -0.05) is 6.07 Å². The van der Waals surface area contributed by atoms with Crippen LogP contribution in [0.1, 0.15) is 5.56 Å². The SMILES string of the molecule is Cl.c1cc2c(cc1CN1CCNCC1)OCCO2. The molecule has 0 aliphatic carbocycles. The second kappa shape index (κ2) is 6.27. The monoisotopic (exact) mass is 270 g/mol. The average Bonchev–Trinajstić information content (AvgIpc) is 2.40. The maximum atomic E-state index is 5.60. The van der Waals surface area contributed by atoms with Crippen molar-refractivity contribution in [1.82, 2.24) is 10.2 Å². The van der Waals surface area contributed by atoms with Crippen LogP contribution in [0, 0.1) is 0 Å². The first kappa shape index (κ1) is 13.5. The summed E-state index contributed by atoms with van der Waals surface area (Å²) in [6.45, 7) is 6.73. The molecule has 2 heterocycles. The first-order valence-corrected chi connectivity index (χ1v) is 6.23. The van der Waals surface area contributed by atoms with Gasteiger partial charge in [-0.2, -0.15) is 0 Å². The Morgan fingerprint density at radius 1 is 1.06 bits per heavy atom. The third kappa shape index (κ3) is 3.07. The van der Waals surface area contributed by atoms with Gasteiger partial charge in [0.25, 0.3) is 0 Å². The lowest BCUT2D eigenvalue weighted by Crippen LogP contribution is -2.42.